The maximum atomic E-state index is 12.6. The number of aromatic nitrogens is 2. The van der Waals surface area contributed by atoms with E-state index < -0.39 is 11.8 Å². The van der Waals surface area contributed by atoms with E-state index in [1.54, 1.807) is 12.4 Å². The Morgan fingerprint density at radius 1 is 1.03 bits per heavy atom. The highest BCUT2D eigenvalue weighted by atomic mass is 32.1. The lowest BCUT2D eigenvalue weighted by atomic mass is 9.93. The monoisotopic (exact) mass is 550 g/mol. The summed E-state index contributed by atoms with van der Waals surface area (Å²) >= 11 is 2.78. The summed E-state index contributed by atoms with van der Waals surface area (Å²) < 4.78 is 0. The first-order valence-corrected chi connectivity index (χ1v) is 14.1. The Kier molecular flexibility index (Phi) is 8.91. The van der Waals surface area contributed by atoms with E-state index in [0.717, 1.165) is 26.8 Å². The Balaban J connectivity index is 1.37. The quantitative estimate of drug-likeness (QED) is 0.162. The number of hydrogen-bond acceptors (Lipinski definition) is 9. The van der Waals surface area contributed by atoms with E-state index in [1.165, 1.54) is 22.7 Å². The summed E-state index contributed by atoms with van der Waals surface area (Å²) in [6, 6.07) is 17.5. The molecule has 38 heavy (non-hydrogen) atoms. The molecule has 0 saturated heterocycles. The van der Waals surface area contributed by atoms with Crippen LogP contribution in [0.25, 0.3) is 0 Å². The van der Waals surface area contributed by atoms with Gasteiger partial charge in [0.2, 0.25) is 0 Å². The third kappa shape index (κ3) is 7.03. The van der Waals surface area contributed by atoms with Crippen LogP contribution >= 0.6 is 22.7 Å². The number of carbonyl (C=O) groups excluding carboxylic acids is 1. The number of nitrogens with two attached hydrogens (primary N) is 1. The molecule has 200 valence electrons. The van der Waals surface area contributed by atoms with Crippen LogP contribution in [0.15, 0.2) is 67.0 Å². The topological polar surface area (TPSA) is 125 Å². The van der Waals surface area contributed by atoms with Gasteiger partial charge >= 0.3 is 0 Å². The molecule has 0 aliphatic heterocycles. The third-order valence-electron chi connectivity index (χ3n) is 6.08. The molecule has 3 atom stereocenters. The molecule has 1 amide bonds. The molecule has 6 N–H and O–H groups in total. The molecule has 10 heteroatoms. The Hall–Kier alpha value is -3.15. The van der Waals surface area contributed by atoms with Crippen molar-refractivity contribution in [3.05, 3.63) is 97.9 Å². The standard InChI is InChI=1S/C28H34N6O2S2/c1-17(29)26-31-16-23(37-26)25(36)33-21-12-8-11-20(13-21)28(3,4)34-18(2)27-32-15-22(38-27)24(35)30-14-19-9-6-5-7-10-19/h5-13,15-18,25,33-34,36H,14,29H2,1-4H3,(H,30,35). The van der Waals surface area contributed by atoms with Crippen LogP contribution in [0.2, 0.25) is 0 Å². The van der Waals surface area contributed by atoms with Gasteiger partial charge in [0, 0.05) is 24.0 Å². The number of anilines is 1. The van der Waals surface area contributed by atoms with Crippen LogP contribution in [0.5, 0.6) is 0 Å². The van der Waals surface area contributed by atoms with Gasteiger partial charge in [-0.25, -0.2) is 9.97 Å². The summed E-state index contributed by atoms with van der Waals surface area (Å²) in [6.07, 6.45) is 2.41. The molecule has 0 spiro atoms. The van der Waals surface area contributed by atoms with Crippen molar-refractivity contribution in [2.45, 2.75) is 58.1 Å². The van der Waals surface area contributed by atoms with Crippen LogP contribution in [0.1, 0.15) is 81.7 Å². The van der Waals surface area contributed by atoms with E-state index in [1.807, 2.05) is 68.4 Å². The van der Waals surface area contributed by atoms with Crippen LogP contribution in [0, 0.1) is 0 Å². The number of aliphatic hydroxyl groups excluding tert-OH is 1. The first-order chi connectivity index (χ1) is 18.1. The zero-order valence-corrected chi connectivity index (χ0v) is 23.6. The van der Waals surface area contributed by atoms with Crippen LogP contribution in [0.4, 0.5) is 5.69 Å². The number of rotatable bonds is 11. The average molecular weight is 551 g/mol. The first kappa shape index (κ1) is 27.9. The minimum Gasteiger partial charge on any atom is -0.369 e. The molecule has 2 aromatic heterocycles. The molecule has 2 heterocycles. The second-order valence-electron chi connectivity index (χ2n) is 9.74. The first-order valence-electron chi connectivity index (χ1n) is 12.4. The Morgan fingerprint density at radius 2 is 1.76 bits per heavy atom. The molecule has 4 rings (SSSR count). The van der Waals surface area contributed by atoms with Crippen molar-refractivity contribution < 1.29 is 9.90 Å². The lowest BCUT2D eigenvalue weighted by Crippen LogP contribution is -2.38. The Bertz CT molecular complexity index is 1350. The summed E-state index contributed by atoms with van der Waals surface area (Å²) in [5.41, 5.74) is 8.37. The second-order valence-corrected chi connectivity index (χ2v) is 11.9. The summed E-state index contributed by atoms with van der Waals surface area (Å²) in [6.45, 7) is 8.58. The van der Waals surface area contributed by atoms with E-state index in [-0.39, 0.29) is 18.0 Å². The van der Waals surface area contributed by atoms with Crippen molar-refractivity contribution in [3.8, 4) is 0 Å². The summed E-state index contributed by atoms with van der Waals surface area (Å²) in [7, 11) is 0. The van der Waals surface area contributed by atoms with Gasteiger partial charge in [-0.3, -0.25) is 10.1 Å². The largest absolute Gasteiger partial charge is 0.369 e. The Morgan fingerprint density at radius 3 is 2.47 bits per heavy atom. The van der Waals surface area contributed by atoms with E-state index in [4.69, 9.17) is 5.73 Å². The van der Waals surface area contributed by atoms with Crippen molar-refractivity contribution in [1.82, 2.24) is 20.6 Å². The fraction of sp³-hybridized carbons (Fsp3) is 0.321. The molecule has 0 bridgehead atoms. The number of nitrogens with zero attached hydrogens (tertiary/aromatic N) is 2. The lowest BCUT2D eigenvalue weighted by molar-refractivity contribution is 0.0954. The average Bonchev–Trinajstić information content (AvgIpc) is 3.59. The van der Waals surface area contributed by atoms with Gasteiger partial charge < -0.3 is 21.5 Å². The number of benzene rings is 2. The van der Waals surface area contributed by atoms with Gasteiger partial charge in [0.1, 0.15) is 14.9 Å². The van der Waals surface area contributed by atoms with Crippen molar-refractivity contribution in [2.75, 3.05) is 5.32 Å². The molecule has 0 fully saturated rings. The second kappa shape index (κ2) is 12.1. The Labute approximate surface area is 231 Å². The maximum absolute atomic E-state index is 12.6. The number of hydrogen-bond donors (Lipinski definition) is 5. The van der Waals surface area contributed by atoms with Gasteiger partial charge in [0.25, 0.3) is 5.91 Å². The highest BCUT2D eigenvalue weighted by molar-refractivity contribution is 7.13. The molecule has 2 aromatic carbocycles. The number of nitrogens with one attached hydrogen (secondary N) is 3. The number of aliphatic hydroxyl groups is 1. The van der Waals surface area contributed by atoms with Crippen molar-refractivity contribution in [1.29, 1.82) is 0 Å². The molecule has 0 radical (unpaired) electrons. The SMILES string of the molecule is CC(N)c1ncc(C(O)Nc2cccc(C(C)(C)NC(C)c3ncc(C(=O)NCc4ccccc4)s3)c2)s1. The zero-order valence-electron chi connectivity index (χ0n) is 21.9. The van der Waals surface area contributed by atoms with E-state index in [2.05, 4.69) is 39.8 Å². The molecule has 0 saturated carbocycles. The van der Waals surface area contributed by atoms with E-state index in [9.17, 15) is 9.90 Å². The fourth-order valence-electron chi connectivity index (χ4n) is 4.01. The van der Waals surface area contributed by atoms with Crippen molar-refractivity contribution in [2.24, 2.45) is 5.73 Å². The van der Waals surface area contributed by atoms with Crippen LogP contribution in [-0.2, 0) is 12.1 Å². The predicted molar refractivity (Wildman–Crippen MR) is 154 cm³/mol. The molecule has 0 aliphatic rings. The van der Waals surface area contributed by atoms with Gasteiger partial charge in [-0.2, -0.15) is 0 Å². The van der Waals surface area contributed by atoms with Gasteiger partial charge in [0.05, 0.1) is 23.2 Å². The number of carbonyl (C=O) groups is 1. The highest BCUT2D eigenvalue weighted by Gasteiger charge is 2.25. The summed E-state index contributed by atoms with van der Waals surface area (Å²) in [5.74, 6) is -0.129. The maximum Gasteiger partial charge on any atom is 0.263 e. The molecule has 8 nitrogen and oxygen atoms in total. The molecule has 4 aromatic rings. The van der Waals surface area contributed by atoms with Crippen LogP contribution in [-0.4, -0.2) is 21.0 Å². The minimum absolute atomic E-state index is 0.0817. The van der Waals surface area contributed by atoms with E-state index >= 15 is 0 Å². The summed E-state index contributed by atoms with van der Waals surface area (Å²) in [5, 5.41) is 22.0. The number of thiazole rings is 2. The van der Waals surface area contributed by atoms with Crippen LogP contribution < -0.4 is 21.7 Å². The fourth-order valence-corrected chi connectivity index (χ4v) is 5.65. The molecular weight excluding hydrogens is 516 g/mol. The van der Waals surface area contributed by atoms with Gasteiger partial charge in [-0.05, 0) is 51.0 Å². The van der Waals surface area contributed by atoms with Crippen molar-refractivity contribution in [3.63, 3.8) is 0 Å². The number of amides is 1. The normalized spacial score (nSPS) is 14.1. The summed E-state index contributed by atoms with van der Waals surface area (Å²) in [4.78, 5) is 22.7. The van der Waals surface area contributed by atoms with Gasteiger partial charge in [-0.15, -0.1) is 22.7 Å². The van der Waals surface area contributed by atoms with Crippen LogP contribution in [0.3, 0.4) is 0 Å². The van der Waals surface area contributed by atoms with E-state index in [0.29, 0.717) is 16.3 Å². The molecular formula is C28H34N6O2S2. The van der Waals surface area contributed by atoms with Crippen molar-refractivity contribution >= 4 is 34.3 Å². The third-order valence-corrected chi connectivity index (χ3v) is 8.51. The zero-order chi connectivity index (χ0) is 27.3. The highest BCUT2D eigenvalue weighted by Crippen LogP contribution is 2.30. The predicted octanol–water partition coefficient (Wildman–Crippen LogP) is 5.24. The smallest absolute Gasteiger partial charge is 0.263 e. The van der Waals surface area contributed by atoms with Gasteiger partial charge in [-0.1, -0.05) is 42.5 Å². The van der Waals surface area contributed by atoms with Gasteiger partial charge in [0.15, 0.2) is 6.23 Å². The lowest BCUT2D eigenvalue weighted by Gasteiger charge is -2.30. The molecule has 0 aliphatic carbocycles. The molecule has 3 unspecified atom stereocenters. The minimum atomic E-state index is -0.882.